The molecule has 4 fully saturated rings. The number of rotatable bonds is 8. The summed E-state index contributed by atoms with van der Waals surface area (Å²) in [7, 11) is 0. The Morgan fingerprint density at radius 2 is 1.58 bits per heavy atom. The maximum Gasteiger partial charge on any atom is 0.328 e. The van der Waals surface area contributed by atoms with Gasteiger partial charge in [0.2, 0.25) is 17.6 Å². The minimum Gasteiger partial charge on any atom is -0.458 e. The number of fused-ring (bicyclic) bond motifs is 2. The minimum atomic E-state index is -2.66. The van der Waals surface area contributed by atoms with Gasteiger partial charge in [0, 0.05) is 19.5 Å². The fourth-order valence-corrected chi connectivity index (χ4v) is 8.01. The van der Waals surface area contributed by atoms with Crippen LogP contribution in [-0.2, 0) is 43.0 Å². The van der Waals surface area contributed by atoms with Crippen LogP contribution in [0.4, 0.5) is 0 Å². The second kappa shape index (κ2) is 20.1. The van der Waals surface area contributed by atoms with Crippen molar-refractivity contribution in [2.45, 2.75) is 167 Å². The topological polar surface area (TPSA) is 269 Å². The molecule has 0 radical (unpaired) electrons. The molecular weight excluding hydrogens is 772 g/mol. The van der Waals surface area contributed by atoms with Gasteiger partial charge in [-0.1, -0.05) is 41.0 Å². The number of ether oxygens (including phenoxy) is 2. The highest BCUT2D eigenvalue weighted by Gasteiger charge is 2.57. The number of aliphatic hydroxyl groups is 2. The zero-order valence-electron chi connectivity index (χ0n) is 35.6. The Hall–Kier alpha value is -3.95. The van der Waals surface area contributed by atoms with Crippen LogP contribution in [0.2, 0.25) is 0 Å². The van der Waals surface area contributed by atoms with Gasteiger partial charge in [0.15, 0.2) is 5.60 Å². The number of hydroxylamine groups is 2. The molecule has 8 N–H and O–H groups in total. The molecule has 6 amide bonds. The highest BCUT2D eigenvalue weighted by Crippen LogP contribution is 2.41. The smallest absolute Gasteiger partial charge is 0.328 e. The molecular formula is C39H66N8O12. The predicted molar refractivity (Wildman–Crippen MR) is 209 cm³/mol. The van der Waals surface area contributed by atoms with E-state index in [-0.39, 0.29) is 36.8 Å². The van der Waals surface area contributed by atoms with Gasteiger partial charge in [-0.2, -0.15) is 0 Å². The molecule has 4 rings (SSSR count). The van der Waals surface area contributed by atoms with E-state index in [0.29, 0.717) is 38.1 Å². The number of nitrogens with one attached hydrogen (secondary N) is 5. The van der Waals surface area contributed by atoms with E-state index >= 15 is 0 Å². The average molecular weight is 839 g/mol. The van der Waals surface area contributed by atoms with Crippen molar-refractivity contribution in [3.05, 3.63) is 0 Å². The van der Waals surface area contributed by atoms with Crippen LogP contribution in [0.5, 0.6) is 0 Å². The summed E-state index contributed by atoms with van der Waals surface area (Å²) in [5.41, 5.74) is 3.01. The molecule has 0 aromatic carbocycles. The third-order valence-corrected chi connectivity index (χ3v) is 11.9. The van der Waals surface area contributed by atoms with E-state index in [9.17, 15) is 49.0 Å². The minimum absolute atomic E-state index is 0.00102. The number of carbonyl (C=O) groups is 7. The lowest BCUT2D eigenvalue weighted by molar-refractivity contribution is -0.328. The first-order valence-corrected chi connectivity index (χ1v) is 21.0. The number of esters is 1. The van der Waals surface area contributed by atoms with Crippen molar-refractivity contribution >= 4 is 41.4 Å². The van der Waals surface area contributed by atoms with Crippen LogP contribution in [0.1, 0.15) is 113 Å². The highest BCUT2D eigenvalue weighted by atomic mass is 16.6. The summed E-state index contributed by atoms with van der Waals surface area (Å²) < 4.78 is 12.0. The molecule has 4 heterocycles. The van der Waals surface area contributed by atoms with Crippen molar-refractivity contribution in [1.82, 2.24) is 41.9 Å². The normalized spacial score (nSPS) is 33.5. The van der Waals surface area contributed by atoms with Crippen molar-refractivity contribution in [3.8, 4) is 0 Å². The first-order valence-electron chi connectivity index (χ1n) is 21.0. The molecule has 0 spiro atoms. The molecule has 334 valence electrons. The van der Waals surface area contributed by atoms with Crippen LogP contribution in [-0.4, -0.2) is 145 Å². The van der Waals surface area contributed by atoms with E-state index in [4.69, 9.17) is 9.47 Å². The van der Waals surface area contributed by atoms with Crippen LogP contribution in [0, 0.1) is 17.8 Å². The molecule has 0 saturated carbocycles. The van der Waals surface area contributed by atoms with Gasteiger partial charge in [0.05, 0.1) is 12.6 Å². The number of hydrazine groups is 2. The second-order valence-corrected chi connectivity index (χ2v) is 17.2. The van der Waals surface area contributed by atoms with Crippen LogP contribution in [0.15, 0.2) is 0 Å². The molecule has 4 saturated heterocycles. The summed E-state index contributed by atoms with van der Waals surface area (Å²) >= 11 is 0. The maximum absolute atomic E-state index is 14.8. The van der Waals surface area contributed by atoms with Crippen LogP contribution < -0.4 is 26.8 Å². The Morgan fingerprint density at radius 3 is 2.19 bits per heavy atom. The molecule has 20 heteroatoms. The number of nitrogens with zero attached hydrogens (tertiary/aromatic N) is 3. The Balaban J connectivity index is 1.73. The molecule has 0 aromatic rings. The van der Waals surface area contributed by atoms with Gasteiger partial charge in [-0.15, -0.1) is 0 Å². The quantitative estimate of drug-likeness (QED) is 0.112. The maximum atomic E-state index is 14.8. The van der Waals surface area contributed by atoms with Crippen LogP contribution in [0.25, 0.3) is 0 Å². The zero-order valence-corrected chi connectivity index (χ0v) is 35.6. The van der Waals surface area contributed by atoms with Gasteiger partial charge in [0.1, 0.15) is 36.3 Å². The fraction of sp³-hybridized carbons (Fsp3) is 0.821. The third kappa shape index (κ3) is 10.9. The molecule has 0 aliphatic carbocycles. The van der Waals surface area contributed by atoms with E-state index in [1.165, 1.54) is 13.8 Å². The number of hydrogen-bond acceptors (Lipinski definition) is 14. The summed E-state index contributed by atoms with van der Waals surface area (Å²) in [5, 5.41) is 44.3. The monoisotopic (exact) mass is 838 g/mol. The summed E-state index contributed by atoms with van der Waals surface area (Å²) in [6, 6.07) is -7.26. The predicted octanol–water partition coefficient (Wildman–Crippen LogP) is -0.648. The molecule has 20 nitrogen and oxygen atoms in total. The van der Waals surface area contributed by atoms with Crippen molar-refractivity contribution in [2.75, 3.05) is 19.6 Å². The van der Waals surface area contributed by atoms with Crippen molar-refractivity contribution < 1.29 is 58.5 Å². The van der Waals surface area contributed by atoms with E-state index < -0.39 is 108 Å². The SMILES string of the molecule is CC[C@H]1O[C@@](O)([C@](C)(O)C(=O)N[C@@H]2C(=O)N3NCCC[C@H]3C(=O)N(O)[C@@H](C)C(=O)NCC(=O)N3NCCC[C@H]3C(=O)N[C@@H](C)C(=O)O[C@H]2C(C)C)CC[C@@H]1CCC(C)C. The Kier molecular flexibility index (Phi) is 16.2. The van der Waals surface area contributed by atoms with Gasteiger partial charge >= 0.3 is 5.97 Å². The number of amides is 6. The second-order valence-electron chi connectivity index (χ2n) is 17.2. The number of carbonyl (C=O) groups excluding carboxylic acids is 7. The van der Waals surface area contributed by atoms with E-state index in [0.717, 1.165) is 29.8 Å². The van der Waals surface area contributed by atoms with Crippen molar-refractivity contribution in [1.29, 1.82) is 0 Å². The van der Waals surface area contributed by atoms with E-state index in [1.807, 2.05) is 6.92 Å². The Labute approximate surface area is 345 Å². The Bertz CT molecular complexity index is 1560. The lowest BCUT2D eigenvalue weighted by Gasteiger charge is -2.48. The molecule has 10 atom stereocenters. The number of hydrogen-bond donors (Lipinski definition) is 8. The van der Waals surface area contributed by atoms with E-state index in [1.54, 1.807) is 13.8 Å². The van der Waals surface area contributed by atoms with Gasteiger partial charge in [-0.05, 0) is 83.5 Å². The molecule has 59 heavy (non-hydrogen) atoms. The van der Waals surface area contributed by atoms with Gasteiger partial charge in [0.25, 0.3) is 23.6 Å². The average Bonchev–Trinajstić information content (AvgIpc) is 3.21. The summed E-state index contributed by atoms with van der Waals surface area (Å²) in [6.07, 6.45) is 1.64. The van der Waals surface area contributed by atoms with Crippen molar-refractivity contribution in [2.24, 2.45) is 17.8 Å². The summed E-state index contributed by atoms with van der Waals surface area (Å²) in [5.74, 6) is -9.26. The van der Waals surface area contributed by atoms with Gasteiger partial charge < -0.3 is 35.6 Å². The zero-order chi connectivity index (χ0) is 44.0. The highest BCUT2D eigenvalue weighted by molar-refractivity contribution is 5.97. The first-order chi connectivity index (χ1) is 27.6. The summed E-state index contributed by atoms with van der Waals surface area (Å²) in [6.45, 7) is 12.8. The standard InChI is InChI=1S/C39H66N8O12/c1-9-28-25(15-14-21(2)3)16-17-39(56,59-28)38(8,55)37(54)44-30-31(22(4)5)58-36(53)23(6)43-33(50)26-12-10-18-41-45(26)29(48)20-40-32(49)24(7)47(57)34(51)27-13-11-19-42-46(27)35(30)52/h21-28,30-31,41-42,55-57H,9-20H2,1-8H3,(H,40,49)(H,43,50)(H,44,54)/t23-,24-,25-,26-,27-,28+,30-,31-,38+,39+/m0/s1. The van der Waals surface area contributed by atoms with Gasteiger partial charge in [-0.3, -0.25) is 44.0 Å². The van der Waals surface area contributed by atoms with Gasteiger partial charge in [-0.25, -0.2) is 20.7 Å². The molecule has 0 unspecified atom stereocenters. The third-order valence-electron chi connectivity index (χ3n) is 11.9. The lowest BCUT2D eigenvalue weighted by atomic mass is 9.79. The molecule has 4 aliphatic heterocycles. The van der Waals surface area contributed by atoms with Crippen LogP contribution in [0.3, 0.4) is 0 Å². The molecule has 0 aromatic heterocycles. The largest absolute Gasteiger partial charge is 0.458 e. The van der Waals surface area contributed by atoms with Crippen molar-refractivity contribution in [3.63, 3.8) is 0 Å². The number of cyclic esters (lactones) is 1. The Morgan fingerprint density at radius 1 is 0.949 bits per heavy atom. The summed E-state index contributed by atoms with van der Waals surface area (Å²) in [4.78, 5) is 96.7. The molecule has 4 aliphatic rings. The first kappa shape index (κ1) is 47.7. The van der Waals surface area contributed by atoms with E-state index in [2.05, 4.69) is 40.6 Å². The van der Waals surface area contributed by atoms with Crippen LogP contribution >= 0.6 is 0 Å². The fourth-order valence-electron chi connectivity index (χ4n) is 8.01. The lowest BCUT2D eigenvalue weighted by Crippen LogP contribution is -2.70. The molecule has 0 bridgehead atoms.